The zero-order valence-electron chi connectivity index (χ0n) is 18.1. The highest BCUT2D eigenvalue weighted by Gasteiger charge is 2.20. The summed E-state index contributed by atoms with van der Waals surface area (Å²) in [6, 6.07) is 16.9. The number of amides is 2. The van der Waals surface area contributed by atoms with Crippen LogP contribution in [0.3, 0.4) is 0 Å². The Kier molecular flexibility index (Phi) is 10.3. The van der Waals surface area contributed by atoms with Crippen LogP contribution in [0.1, 0.15) is 24.0 Å². The van der Waals surface area contributed by atoms with E-state index in [4.69, 9.17) is 11.5 Å². The fourth-order valence-corrected chi connectivity index (χ4v) is 2.97. The lowest BCUT2D eigenvalue weighted by Crippen LogP contribution is -2.50. The largest absolute Gasteiger partial charge is 0.368 e. The van der Waals surface area contributed by atoms with Gasteiger partial charge in [-0.1, -0.05) is 60.7 Å². The maximum Gasteiger partial charge on any atom is 0.257 e. The van der Waals surface area contributed by atoms with Gasteiger partial charge >= 0.3 is 0 Å². The van der Waals surface area contributed by atoms with Gasteiger partial charge in [0.2, 0.25) is 18.4 Å². The summed E-state index contributed by atoms with van der Waals surface area (Å²) in [4.78, 5) is 35.0. The van der Waals surface area contributed by atoms with Gasteiger partial charge in [-0.3, -0.25) is 19.7 Å². The number of nitrogens with two attached hydrogens (primary N) is 2. The second kappa shape index (κ2) is 13.4. The van der Waals surface area contributed by atoms with Crippen LogP contribution < -0.4 is 27.5 Å². The molecule has 2 aromatic carbocycles. The van der Waals surface area contributed by atoms with Crippen molar-refractivity contribution in [2.24, 2.45) is 16.6 Å². The van der Waals surface area contributed by atoms with Crippen LogP contribution in [-0.2, 0) is 22.6 Å². The first kappa shape index (κ1) is 25.3. The van der Waals surface area contributed by atoms with E-state index < -0.39 is 28.8 Å². The van der Waals surface area contributed by atoms with E-state index in [1.807, 2.05) is 60.7 Å². The SMILES string of the molecule is NC(=NNC(=O)[C@H](N)Cc1ccccc1)N[C@@H](CCC[N+](=O)[O-])C(=O)NCc1ccccc1. The molecule has 0 aromatic heterocycles. The summed E-state index contributed by atoms with van der Waals surface area (Å²) in [5.74, 6) is -1.15. The third kappa shape index (κ3) is 9.78. The van der Waals surface area contributed by atoms with Gasteiger partial charge in [0.05, 0.1) is 6.04 Å². The van der Waals surface area contributed by atoms with Crippen LogP contribution in [0, 0.1) is 10.1 Å². The number of nitro groups is 1. The Bertz CT molecular complexity index is 938. The first-order valence-electron chi connectivity index (χ1n) is 10.5. The summed E-state index contributed by atoms with van der Waals surface area (Å²) in [6.07, 6.45) is 0.630. The lowest BCUT2D eigenvalue weighted by Gasteiger charge is -2.18. The predicted molar refractivity (Wildman–Crippen MR) is 124 cm³/mol. The van der Waals surface area contributed by atoms with Gasteiger partial charge in [0, 0.05) is 17.9 Å². The van der Waals surface area contributed by atoms with Gasteiger partial charge in [-0.25, -0.2) is 5.43 Å². The molecule has 0 radical (unpaired) electrons. The summed E-state index contributed by atoms with van der Waals surface area (Å²) in [5.41, 5.74) is 15.8. The fraction of sp³-hybridized carbons (Fsp3) is 0.318. The molecule has 0 bridgehead atoms. The van der Waals surface area contributed by atoms with Crippen LogP contribution in [-0.4, -0.2) is 41.3 Å². The molecule has 0 saturated carbocycles. The van der Waals surface area contributed by atoms with E-state index in [1.54, 1.807) is 0 Å². The van der Waals surface area contributed by atoms with Gasteiger partial charge in [-0.05, 0) is 24.0 Å². The highest BCUT2D eigenvalue weighted by atomic mass is 16.6. The van der Waals surface area contributed by atoms with Crippen LogP contribution in [0.15, 0.2) is 65.8 Å². The van der Waals surface area contributed by atoms with E-state index in [1.165, 1.54) is 0 Å². The van der Waals surface area contributed by atoms with Gasteiger partial charge in [-0.15, -0.1) is 5.10 Å². The summed E-state index contributed by atoms with van der Waals surface area (Å²) in [6.45, 7) is 0.00147. The normalized spacial score (nSPS) is 12.9. The lowest BCUT2D eigenvalue weighted by molar-refractivity contribution is -0.480. The molecule has 11 nitrogen and oxygen atoms in total. The number of hydrogen-bond donors (Lipinski definition) is 5. The van der Waals surface area contributed by atoms with Crippen LogP contribution in [0.2, 0.25) is 0 Å². The van der Waals surface area contributed by atoms with Crippen molar-refractivity contribution < 1.29 is 14.5 Å². The average molecular weight is 456 g/mol. The van der Waals surface area contributed by atoms with Gasteiger partial charge in [0.1, 0.15) is 6.04 Å². The predicted octanol–water partition coefficient (Wildman–Crippen LogP) is 0.234. The molecule has 0 spiro atoms. The monoisotopic (exact) mass is 455 g/mol. The number of benzene rings is 2. The van der Waals surface area contributed by atoms with Crippen molar-refractivity contribution in [3.05, 3.63) is 81.9 Å². The number of rotatable bonds is 12. The molecule has 2 amide bonds. The molecular weight excluding hydrogens is 426 g/mol. The molecule has 0 heterocycles. The van der Waals surface area contributed by atoms with Crippen molar-refractivity contribution in [3.63, 3.8) is 0 Å². The van der Waals surface area contributed by atoms with E-state index in [2.05, 4.69) is 21.2 Å². The first-order valence-corrected chi connectivity index (χ1v) is 10.5. The number of hydrogen-bond acceptors (Lipinski definition) is 6. The summed E-state index contributed by atoms with van der Waals surface area (Å²) in [5, 5.41) is 19.9. The average Bonchev–Trinajstić information content (AvgIpc) is 2.81. The van der Waals surface area contributed by atoms with E-state index in [0.29, 0.717) is 6.42 Å². The van der Waals surface area contributed by atoms with E-state index >= 15 is 0 Å². The quantitative estimate of drug-likeness (QED) is 0.132. The minimum atomic E-state index is -0.868. The molecule has 0 fully saturated rings. The number of nitrogens with one attached hydrogen (secondary N) is 3. The maximum absolute atomic E-state index is 12.6. The summed E-state index contributed by atoms with van der Waals surface area (Å²) >= 11 is 0. The number of nitrogens with zero attached hydrogens (tertiary/aromatic N) is 2. The van der Waals surface area contributed by atoms with Crippen molar-refractivity contribution in [1.82, 2.24) is 16.1 Å². The highest BCUT2D eigenvalue weighted by Crippen LogP contribution is 2.03. The molecule has 0 aliphatic heterocycles. The van der Waals surface area contributed by atoms with Crippen LogP contribution >= 0.6 is 0 Å². The molecule has 0 aliphatic carbocycles. The van der Waals surface area contributed by atoms with Crippen LogP contribution in [0.25, 0.3) is 0 Å². The number of hydrazone groups is 1. The molecule has 7 N–H and O–H groups in total. The molecule has 0 saturated heterocycles. The van der Waals surface area contributed by atoms with Gasteiger partial charge in [0.25, 0.3) is 5.91 Å². The van der Waals surface area contributed by atoms with Gasteiger partial charge in [0.15, 0.2) is 0 Å². The standard InChI is InChI=1S/C22H29N7O4/c23-18(14-16-8-3-1-4-9-16)20(30)27-28-22(24)26-19(12-7-13-29(32)33)21(31)25-15-17-10-5-2-6-11-17/h1-6,8-11,18-19H,7,12-15,23H2,(H,25,31)(H,27,30)(H3,24,26,28)/t18-,19+/m1/s1. The zero-order valence-corrected chi connectivity index (χ0v) is 18.1. The van der Waals surface area contributed by atoms with Crippen molar-refractivity contribution in [2.45, 2.75) is 37.9 Å². The molecule has 0 aliphatic rings. The summed E-state index contributed by atoms with van der Waals surface area (Å²) in [7, 11) is 0. The Morgan fingerprint density at radius 3 is 2.21 bits per heavy atom. The third-order valence-corrected chi connectivity index (χ3v) is 4.70. The topological polar surface area (TPSA) is 178 Å². The first-order chi connectivity index (χ1) is 15.8. The van der Waals surface area contributed by atoms with E-state index in [9.17, 15) is 19.7 Å². The second-order valence-corrected chi connectivity index (χ2v) is 7.37. The Morgan fingerprint density at radius 2 is 1.61 bits per heavy atom. The molecule has 2 rings (SSSR count). The Hall–Kier alpha value is -3.99. The van der Waals surface area contributed by atoms with Crippen molar-refractivity contribution in [1.29, 1.82) is 0 Å². The number of carbonyl (C=O) groups is 2. The van der Waals surface area contributed by atoms with E-state index in [-0.39, 0.29) is 31.9 Å². The molecular formula is C22H29N7O4. The highest BCUT2D eigenvalue weighted by molar-refractivity contribution is 5.89. The number of guanidine groups is 1. The van der Waals surface area contributed by atoms with Crippen LogP contribution in [0.4, 0.5) is 0 Å². The zero-order chi connectivity index (χ0) is 24.1. The van der Waals surface area contributed by atoms with Crippen LogP contribution in [0.5, 0.6) is 0 Å². The molecule has 0 unspecified atom stereocenters. The van der Waals surface area contributed by atoms with Crippen molar-refractivity contribution in [3.8, 4) is 0 Å². The van der Waals surface area contributed by atoms with Crippen molar-refractivity contribution in [2.75, 3.05) is 6.54 Å². The third-order valence-electron chi connectivity index (χ3n) is 4.70. The maximum atomic E-state index is 12.6. The Balaban J connectivity index is 1.91. The minimum Gasteiger partial charge on any atom is -0.368 e. The molecule has 33 heavy (non-hydrogen) atoms. The Labute approximate surface area is 191 Å². The number of carbonyl (C=O) groups excluding carboxylic acids is 2. The molecule has 2 aromatic rings. The fourth-order valence-electron chi connectivity index (χ4n) is 2.97. The van der Waals surface area contributed by atoms with E-state index in [0.717, 1.165) is 11.1 Å². The van der Waals surface area contributed by atoms with Crippen molar-refractivity contribution >= 4 is 17.8 Å². The lowest BCUT2D eigenvalue weighted by atomic mass is 10.1. The Morgan fingerprint density at radius 1 is 1.00 bits per heavy atom. The van der Waals surface area contributed by atoms with Gasteiger partial charge < -0.3 is 22.1 Å². The molecule has 176 valence electrons. The molecule has 11 heteroatoms. The summed E-state index contributed by atoms with van der Waals surface area (Å²) < 4.78 is 0. The van der Waals surface area contributed by atoms with Gasteiger partial charge in [-0.2, -0.15) is 0 Å². The molecule has 2 atom stereocenters. The smallest absolute Gasteiger partial charge is 0.257 e. The second-order valence-electron chi connectivity index (χ2n) is 7.37. The minimum absolute atomic E-state index is 0.152.